The first-order chi connectivity index (χ1) is 5.83. The van der Waals surface area contributed by atoms with Gasteiger partial charge in [0.2, 0.25) is 0 Å². The molecule has 0 aliphatic carbocycles. The van der Waals surface area contributed by atoms with Crippen LogP contribution < -0.4 is 0 Å². The van der Waals surface area contributed by atoms with Gasteiger partial charge in [0.1, 0.15) is 6.61 Å². The van der Waals surface area contributed by atoms with Crippen LogP contribution in [-0.2, 0) is 11.3 Å². The van der Waals surface area contributed by atoms with Crippen molar-refractivity contribution in [3.63, 3.8) is 0 Å². The summed E-state index contributed by atoms with van der Waals surface area (Å²) < 4.78 is 5.26. The van der Waals surface area contributed by atoms with Crippen molar-refractivity contribution in [2.24, 2.45) is 0 Å². The van der Waals surface area contributed by atoms with Crippen molar-refractivity contribution in [3.05, 3.63) is 35.9 Å². The molecule has 0 aliphatic heterocycles. The maximum absolute atomic E-state index is 5.26. The van der Waals surface area contributed by atoms with Gasteiger partial charge in [0, 0.05) is 0 Å². The van der Waals surface area contributed by atoms with Gasteiger partial charge in [0.05, 0.1) is 5.33 Å². The van der Waals surface area contributed by atoms with E-state index in [9.17, 15) is 0 Å². The Bertz CT molecular complexity index is 248. The largest absolute Gasteiger partial charge is 0.481 e. The third kappa shape index (κ3) is 3.32. The van der Waals surface area contributed by atoms with E-state index in [0.29, 0.717) is 17.0 Å². The fourth-order valence-corrected chi connectivity index (χ4v) is 0.997. The standard InChI is InChI=1S/C9H9BrOS/c10-6-9(12)11-7-8-4-2-1-3-5-8/h1-5H,6-7H2. The van der Waals surface area contributed by atoms with Gasteiger partial charge in [0.15, 0.2) is 5.05 Å². The molecule has 0 atom stereocenters. The fraction of sp³-hybridized carbons (Fsp3) is 0.222. The Morgan fingerprint density at radius 2 is 2.00 bits per heavy atom. The third-order valence-electron chi connectivity index (χ3n) is 1.35. The second-order valence-corrected chi connectivity index (χ2v) is 3.30. The molecule has 1 nitrogen and oxygen atoms in total. The van der Waals surface area contributed by atoms with Crippen LogP contribution in [0.3, 0.4) is 0 Å². The van der Waals surface area contributed by atoms with Gasteiger partial charge in [-0.05, 0) is 17.8 Å². The molecule has 0 saturated carbocycles. The number of rotatable bonds is 3. The minimum atomic E-state index is 0.561. The monoisotopic (exact) mass is 244 g/mol. The third-order valence-corrected chi connectivity index (χ3v) is 2.49. The van der Waals surface area contributed by atoms with Crippen molar-refractivity contribution in [2.75, 3.05) is 5.33 Å². The Labute approximate surface area is 85.9 Å². The zero-order valence-electron chi connectivity index (χ0n) is 6.50. The van der Waals surface area contributed by atoms with Gasteiger partial charge >= 0.3 is 0 Å². The van der Waals surface area contributed by atoms with Crippen molar-refractivity contribution >= 4 is 33.2 Å². The molecule has 12 heavy (non-hydrogen) atoms. The van der Waals surface area contributed by atoms with E-state index in [0.717, 1.165) is 5.56 Å². The predicted molar refractivity (Wildman–Crippen MR) is 57.6 cm³/mol. The molecular formula is C9H9BrOS. The minimum Gasteiger partial charge on any atom is -0.481 e. The van der Waals surface area contributed by atoms with Gasteiger partial charge in [0.25, 0.3) is 0 Å². The normalized spacial score (nSPS) is 9.42. The van der Waals surface area contributed by atoms with Gasteiger partial charge in [-0.15, -0.1) is 0 Å². The molecule has 1 rings (SSSR count). The van der Waals surface area contributed by atoms with Crippen molar-refractivity contribution < 1.29 is 4.74 Å². The van der Waals surface area contributed by atoms with Gasteiger partial charge < -0.3 is 4.74 Å². The van der Waals surface area contributed by atoms with Gasteiger partial charge in [-0.3, -0.25) is 0 Å². The highest BCUT2D eigenvalue weighted by Crippen LogP contribution is 2.01. The molecule has 0 saturated heterocycles. The number of hydrogen-bond acceptors (Lipinski definition) is 2. The van der Waals surface area contributed by atoms with Crippen molar-refractivity contribution in [1.82, 2.24) is 0 Å². The first-order valence-electron chi connectivity index (χ1n) is 3.58. The lowest BCUT2D eigenvalue weighted by Gasteiger charge is -2.03. The van der Waals surface area contributed by atoms with Crippen LogP contribution >= 0.6 is 28.1 Å². The summed E-state index contributed by atoms with van der Waals surface area (Å²) in [6.07, 6.45) is 0. The Morgan fingerprint density at radius 1 is 1.33 bits per heavy atom. The number of thiocarbonyl (C=S) groups is 1. The smallest absolute Gasteiger partial charge is 0.170 e. The Hall–Kier alpha value is -0.410. The Balaban J connectivity index is 2.38. The average molecular weight is 245 g/mol. The van der Waals surface area contributed by atoms with E-state index in [1.165, 1.54) is 0 Å². The zero-order valence-corrected chi connectivity index (χ0v) is 8.90. The number of hydrogen-bond donors (Lipinski definition) is 0. The molecule has 0 bridgehead atoms. The quantitative estimate of drug-likeness (QED) is 0.598. The first kappa shape index (κ1) is 9.68. The SMILES string of the molecule is S=C(CBr)OCc1ccccc1. The number of alkyl halides is 1. The van der Waals surface area contributed by atoms with Crippen LogP contribution in [0.5, 0.6) is 0 Å². The summed E-state index contributed by atoms with van der Waals surface area (Å²) in [6.45, 7) is 0.561. The number of ether oxygens (including phenoxy) is 1. The maximum atomic E-state index is 5.26. The summed E-state index contributed by atoms with van der Waals surface area (Å²) >= 11 is 8.11. The molecule has 0 fully saturated rings. The summed E-state index contributed by atoms with van der Waals surface area (Å²) in [5.74, 6) is 0. The molecule has 1 aromatic rings. The van der Waals surface area contributed by atoms with Crippen LogP contribution in [0.4, 0.5) is 0 Å². The molecule has 0 aromatic heterocycles. The molecule has 1 aromatic carbocycles. The van der Waals surface area contributed by atoms with Gasteiger partial charge in [-0.2, -0.15) is 0 Å². The highest BCUT2D eigenvalue weighted by molar-refractivity contribution is 9.09. The van der Waals surface area contributed by atoms with Crippen LogP contribution in [0, 0.1) is 0 Å². The molecule has 0 heterocycles. The highest BCUT2D eigenvalue weighted by Gasteiger charge is 1.94. The average Bonchev–Trinajstić information content (AvgIpc) is 2.16. The van der Waals surface area contributed by atoms with Gasteiger partial charge in [-0.25, -0.2) is 0 Å². The molecule has 0 aliphatic rings. The summed E-state index contributed by atoms with van der Waals surface area (Å²) in [5, 5.41) is 1.22. The van der Waals surface area contributed by atoms with E-state index < -0.39 is 0 Å². The molecule has 0 unspecified atom stereocenters. The molecule has 0 amide bonds. The summed E-state index contributed by atoms with van der Waals surface area (Å²) in [6, 6.07) is 9.96. The minimum absolute atomic E-state index is 0.561. The second kappa shape index (κ2) is 5.27. The Morgan fingerprint density at radius 3 is 2.58 bits per heavy atom. The lowest BCUT2D eigenvalue weighted by atomic mass is 10.2. The number of halogens is 1. The van der Waals surface area contributed by atoms with E-state index in [1.807, 2.05) is 30.3 Å². The fourth-order valence-electron chi connectivity index (χ4n) is 0.777. The maximum Gasteiger partial charge on any atom is 0.170 e. The van der Waals surface area contributed by atoms with Crippen molar-refractivity contribution in [1.29, 1.82) is 0 Å². The summed E-state index contributed by atoms with van der Waals surface area (Å²) in [7, 11) is 0. The van der Waals surface area contributed by atoms with E-state index in [1.54, 1.807) is 0 Å². The summed E-state index contributed by atoms with van der Waals surface area (Å²) in [5.41, 5.74) is 1.14. The van der Waals surface area contributed by atoms with E-state index >= 15 is 0 Å². The lowest BCUT2D eigenvalue weighted by Crippen LogP contribution is -2.02. The van der Waals surface area contributed by atoms with Crippen LogP contribution in [0.2, 0.25) is 0 Å². The van der Waals surface area contributed by atoms with E-state index in [4.69, 9.17) is 17.0 Å². The van der Waals surface area contributed by atoms with E-state index in [2.05, 4.69) is 15.9 Å². The van der Waals surface area contributed by atoms with Crippen LogP contribution in [0.25, 0.3) is 0 Å². The Kier molecular flexibility index (Phi) is 4.25. The molecule has 3 heteroatoms. The van der Waals surface area contributed by atoms with Gasteiger partial charge in [-0.1, -0.05) is 46.3 Å². The summed E-state index contributed by atoms with van der Waals surface area (Å²) in [4.78, 5) is 0. The van der Waals surface area contributed by atoms with Crippen molar-refractivity contribution in [2.45, 2.75) is 6.61 Å². The topological polar surface area (TPSA) is 9.23 Å². The lowest BCUT2D eigenvalue weighted by molar-refractivity contribution is 0.300. The highest BCUT2D eigenvalue weighted by atomic mass is 79.9. The second-order valence-electron chi connectivity index (χ2n) is 2.28. The first-order valence-corrected chi connectivity index (χ1v) is 5.11. The molecular weight excluding hydrogens is 236 g/mol. The predicted octanol–water partition coefficient (Wildman–Crippen LogP) is 2.93. The molecule has 0 N–H and O–H groups in total. The zero-order chi connectivity index (χ0) is 8.81. The van der Waals surface area contributed by atoms with Crippen LogP contribution in [-0.4, -0.2) is 10.4 Å². The van der Waals surface area contributed by atoms with Crippen molar-refractivity contribution in [3.8, 4) is 0 Å². The van der Waals surface area contributed by atoms with Crippen LogP contribution in [0.15, 0.2) is 30.3 Å². The molecule has 0 spiro atoms. The van der Waals surface area contributed by atoms with E-state index in [-0.39, 0.29) is 0 Å². The number of benzene rings is 1. The molecule has 0 radical (unpaired) electrons. The molecule has 64 valence electrons. The van der Waals surface area contributed by atoms with Crippen LogP contribution in [0.1, 0.15) is 5.56 Å².